The number of aromatic nitrogens is 1. The van der Waals surface area contributed by atoms with Crippen LogP contribution < -0.4 is 9.64 Å². The highest BCUT2D eigenvalue weighted by atomic mass is 32.1. The fourth-order valence-corrected chi connectivity index (χ4v) is 5.23. The molecule has 0 radical (unpaired) electrons. The predicted molar refractivity (Wildman–Crippen MR) is 120 cm³/mol. The maximum absolute atomic E-state index is 12.9. The third-order valence-corrected chi connectivity index (χ3v) is 7.11. The van der Waals surface area contributed by atoms with Crippen LogP contribution >= 0.6 is 11.3 Å². The van der Waals surface area contributed by atoms with Crippen molar-refractivity contribution < 1.29 is 9.53 Å². The second-order valence-electron chi connectivity index (χ2n) is 7.99. The molecular formula is C23H26N4O2S. The van der Waals surface area contributed by atoms with Crippen LogP contribution in [0.5, 0.6) is 5.75 Å². The van der Waals surface area contributed by atoms with E-state index >= 15 is 0 Å². The van der Waals surface area contributed by atoms with Gasteiger partial charge in [-0.25, -0.2) is 4.98 Å². The lowest BCUT2D eigenvalue weighted by Crippen LogP contribution is -2.57. The number of rotatable bonds is 5. The number of carbonyl (C=O) groups excluding carboxylic acids is 1. The maximum atomic E-state index is 12.9. The van der Waals surface area contributed by atoms with Gasteiger partial charge >= 0.3 is 0 Å². The Kier molecular flexibility index (Phi) is 5.31. The first kappa shape index (κ1) is 19.3. The first-order valence-electron chi connectivity index (χ1n) is 10.4. The van der Waals surface area contributed by atoms with Gasteiger partial charge in [0.25, 0.3) is 0 Å². The standard InChI is InChI=1S/C23H26N4O2S/c1-29-19-8-5-9-20-21(19)24-23(30-20)27-15-18(16-27)22(28)26-12-10-25(11-13-26)14-17-6-3-2-4-7-17/h2-9,18H,10-16H2,1H3. The van der Waals surface area contributed by atoms with Crippen LogP contribution in [-0.4, -0.2) is 67.1 Å². The molecule has 0 unspecified atom stereocenters. The van der Waals surface area contributed by atoms with E-state index in [4.69, 9.17) is 9.72 Å². The molecule has 3 aromatic rings. The van der Waals surface area contributed by atoms with Gasteiger partial charge in [-0.2, -0.15) is 0 Å². The van der Waals surface area contributed by atoms with Crippen LogP contribution in [0.15, 0.2) is 48.5 Å². The summed E-state index contributed by atoms with van der Waals surface area (Å²) in [5.41, 5.74) is 2.24. The molecule has 2 aliphatic rings. The van der Waals surface area contributed by atoms with Crippen molar-refractivity contribution in [1.82, 2.24) is 14.8 Å². The Morgan fingerprint density at radius 2 is 1.83 bits per heavy atom. The van der Waals surface area contributed by atoms with Crippen LogP contribution in [-0.2, 0) is 11.3 Å². The molecule has 2 aliphatic heterocycles. The number of ether oxygens (including phenoxy) is 1. The molecular weight excluding hydrogens is 396 g/mol. The number of fused-ring (bicyclic) bond motifs is 1. The van der Waals surface area contributed by atoms with Crippen molar-refractivity contribution in [2.24, 2.45) is 5.92 Å². The third-order valence-electron chi connectivity index (χ3n) is 6.02. The topological polar surface area (TPSA) is 48.9 Å². The molecule has 2 saturated heterocycles. The third kappa shape index (κ3) is 3.75. The van der Waals surface area contributed by atoms with Crippen molar-refractivity contribution in [1.29, 1.82) is 0 Å². The van der Waals surface area contributed by atoms with E-state index in [1.165, 1.54) is 5.56 Å². The quantitative estimate of drug-likeness (QED) is 0.632. The lowest BCUT2D eigenvalue weighted by atomic mass is 9.99. The van der Waals surface area contributed by atoms with Gasteiger partial charge in [0.2, 0.25) is 5.91 Å². The largest absolute Gasteiger partial charge is 0.494 e. The number of anilines is 1. The number of para-hydroxylation sites is 1. The van der Waals surface area contributed by atoms with Gasteiger partial charge in [0.15, 0.2) is 5.13 Å². The van der Waals surface area contributed by atoms with Crippen LogP contribution in [0.4, 0.5) is 5.13 Å². The number of methoxy groups -OCH3 is 1. The van der Waals surface area contributed by atoms with Crippen molar-refractivity contribution in [2.45, 2.75) is 6.54 Å². The molecule has 7 heteroatoms. The summed E-state index contributed by atoms with van der Waals surface area (Å²) in [6.07, 6.45) is 0. The first-order valence-corrected chi connectivity index (χ1v) is 11.3. The molecule has 2 aromatic carbocycles. The summed E-state index contributed by atoms with van der Waals surface area (Å²) in [7, 11) is 1.67. The lowest BCUT2D eigenvalue weighted by Gasteiger charge is -2.42. The van der Waals surface area contributed by atoms with Crippen LogP contribution in [0.25, 0.3) is 10.2 Å². The van der Waals surface area contributed by atoms with Gasteiger partial charge in [-0.05, 0) is 17.7 Å². The summed E-state index contributed by atoms with van der Waals surface area (Å²) in [6.45, 7) is 5.99. The molecule has 3 heterocycles. The fraction of sp³-hybridized carbons (Fsp3) is 0.391. The second-order valence-corrected chi connectivity index (χ2v) is 9.00. The molecule has 1 aromatic heterocycles. The van der Waals surface area contributed by atoms with Gasteiger partial charge < -0.3 is 14.5 Å². The summed E-state index contributed by atoms with van der Waals surface area (Å²) in [5.74, 6) is 1.18. The van der Waals surface area contributed by atoms with E-state index in [0.717, 1.165) is 66.9 Å². The van der Waals surface area contributed by atoms with E-state index in [1.807, 2.05) is 23.1 Å². The molecule has 0 aliphatic carbocycles. The second kappa shape index (κ2) is 8.24. The van der Waals surface area contributed by atoms with Gasteiger partial charge in [-0.15, -0.1) is 0 Å². The number of hydrogen-bond acceptors (Lipinski definition) is 6. The number of piperazine rings is 1. The van der Waals surface area contributed by atoms with Gasteiger partial charge in [-0.1, -0.05) is 47.7 Å². The Labute approximate surface area is 180 Å². The van der Waals surface area contributed by atoms with Gasteiger partial charge in [0.05, 0.1) is 17.7 Å². The normalized spacial score (nSPS) is 17.9. The van der Waals surface area contributed by atoms with E-state index in [1.54, 1.807) is 18.4 Å². The van der Waals surface area contributed by atoms with Crippen LogP contribution in [0.3, 0.4) is 0 Å². The number of carbonyl (C=O) groups is 1. The van der Waals surface area contributed by atoms with Crippen molar-refractivity contribution in [3.05, 3.63) is 54.1 Å². The molecule has 0 spiro atoms. The van der Waals surface area contributed by atoms with Gasteiger partial charge in [-0.3, -0.25) is 9.69 Å². The zero-order chi connectivity index (χ0) is 20.5. The molecule has 5 rings (SSSR count). The van der Waals surface area contributed by atoms with Crippen molar-refractivity contribution in [2.75, 3.05) is 51.3 Å². The predicted octanol–water partition coefficient (Wildman–Crippen LogP) is 3.09. The summed E-state index contributed by atoms with van der Waals surface area (Å²) >= 11 is 1.66. The molecule has 6 nitrogen and oxygen atoms in total. The average molecular weight is 423 g/mol. The molecule has 1 amide bonds. The zero-order valence-electron chi connectivity index (χ0n) is 17.2. The smallest absolute Gasteiger partial charge is 0.229 e. The monoisotopic (exact) mass is 422 g/mol. The highest BCUT2D eigenvalue weighted by molar-refractivity contribution is 7.22. The molecule has 156 valence electrons. The van der Waals surface area contributed by atoms with Crippen molar-refractivity contribution in [3.63, 3.8) is 0 Å². The van der Waals surface area contributed by atoms with E-state index < -0.39 is 0 Å². The highest BCUT2D eigenvalue weighted by Gasteiger charge is 2.37. The minimum absolute atomic E-state index is 0.0829. The molecule has 30 heavy (non-hydrogen) atoms. The maximum Gasteiger partial charge on any atom is 0.229 e. The van der Waals surface area contributed by atoms with Crippen LogP contribution in [0.1, 0.15) is 5.56 Å². The molecule has 0 N–H and O–H groups in total. The fourth-order valence-electron chi connectivity index (χ4n) is 4.23. The lowest BCUT2D eigenvalue weighted by molar-refractivity contribution is -0.138. The molecule has 0 bridgehead atoms. The molecule has 0 saturated carbocycles. The molecule has 2 fully saturated rings. The van der Waals surface area contributed by atoms with E-state index in [-0.39, 0.29) is 5.92 Å². The summed E-state index contributed by atoms with van der Waals surface area (Å²) in [4.78, 5) is 24.4. The number of thiazole rings is 1. The average Bonchev–Trinajstić information content (AvgIpc) is 3.17. The zero-order valence-corrected chi connectivity index (χ0v) is 18.0. The Bertz CT molecular complexity index is 1020. The van der Waals surface area contributed by atoms with Crippen LogP contribution in [0, 0.1) is 5.92 Å². The highest BCUT2D eigenvalue weighted by Crippen LogP contribution is 2.36. The number of hydrogen-bond donors (Lipinski definition) is 0. The number of benzene rings is 2. The Balaban J connectivity index is 1.14. The molecule has 0 atom stereocenters. The van der Waals surface area contributed by atoms with Crippen LogP contribution in [0.2, 0.25) is 0 Å². The van der Waals surface area contributed by atoms with Gasteiger partial charge in [0, 0.05) is 45.8 Å². The van der Waals surface area contributed by atoms with Crippen molar-refractivity contribution in [3.8, 4) is 5.75 Å². The minimum atomic E-state index is 0.0829. The number of amides is 1. The van der Waals surface area contributed by atoms with Gasteiger partial charge in [0.1, 0.15) is 11.3 Å². The summed E-state index contributed by atoms with van der Waals surface area (Å²) < 4.78 is 6.54. The van der Waals surface area contributed by atoms with E-state index in [2.05, 4.69) is 40.1 Å². The first-order chi connectivity index (χ1) is 14.7. The summed E-state index contributed by atoms with van der Waals surface area (Å²) in [6, 6.07) is 16.5. The Hall–Kier alpha value is -2.64. The minimum Gasteiger partial charge on any atom is -0.494 e. The SMILES string of the molecule is COc1cccc2sc(N3CC(C(=O)N4CCN(Cc5ccccc5)CC4)C3)nc12. The van der Waals surface area contributed by atoms with Crippen molar-refractivity contribution >= 4 is 32.6 Å². The Morgan fingerprint density at radius 3 is 2.57 bits per heavy atom. The Morgan fingerprint density at radius 1 is 1.07 bits per heavy atom. The summed E-state index contributed by atoms with van der Waals surface area (Å²) in [5, 5.41) is 0.978. The van der Waals surface area contributed by atoms with E-state index in [0.29, 0.717) is 5.91 Å². The van der Waals surface area contributed by atoms with E-state index in [9.17, 15) is 4.79 Å². The number of nitrogens with zero attached hydrogens (tertiary/aromatic N) is 4.